The highest BCUT2D eigenvalue weighted by molar-refractivity contribution is 5.74. The first kappa shape index (κ1) is 11.8. The van der Waals surface area contributed by atoms with Crippen LogP contribution in [-0.4, -0.2) is 28.4 Å². The summed E-state index contributed by atoms with van der Waals surface area (Å²) in [5, 5.41) is 21.9. The maximum Gasteiger partial charge on any atom is 0.342 e. The third-order valence-corrected chi connectivity index (χ3v) is 2.81. The zero-order valence-corrected chi connectivity index (χ0v) is 8.99. The van der Waals surface area contributed by atoms with E-state index in [1.807, 2.05) is 0 Å². The van der Waals surface area contributed by atoms with Crippen LogP contribution in [-0.2, 0) is 0 Å². The topological polar surface area (TPSA) is 76.4 Å². The molecule has 2 amide bonds. The Balaban J connectivity index is 2.72. The lowest BCUT2D eigenvalue weighted by Crippen LogP contribution is -2.53. The molecule has 0 aromatic carbocycles. The lowest BCUT2D eigenvalue weighted by atomic mass is 9.82. The van der Waals surface area contributed by atoms with E-state index in [0.29, 0.717) is 24.4 Å². The van der Waals surface area contributed by atoms with Gasteiger partial charge in [-0.1, -0.05) is 6.42 Å². The number of urea groups is 1. The van der Waals surface area contributed by atoms with Crippen molar-refractivity contribution in [2.75, 3.05) is 6.54 Å². The van der Waals surface area contributed by atoms with Crippen LogP contribution in [0.4, 0.5) is 4.79 Å². The summed E-state index contributed by atoms with van der Waals surface area (Å²) in [6.45, 7) is 2.21. The van der Waals surface area contributed by atoms with Gasteiger partial charge in [0.1, 0.15) is 0 Å². The van der Waals surface area contributed by atoms with Gasteiger partial charge < -0.3 is 5.32 Å². The van der Waals surface area contributed by atoms with Gasteiger partial charge in [0.25, 0.3) is 0 Å². The lowest BCUT2D eigenvalue weighted by Gasteiger charge is -2.36. The molecule has 0 bridgehead atoms. The van der Waals surface area contributed by atoms with E-state index in [1.54, 1.807) is 6.92 Å². The highest BCUT2D eigenvalue weighted by Crippen LogP contribution is 2.32. The smallest absolute Gasteiger partial charge is 0.336 e. The molecular formula is C10H17N3O2. The number of carbonyl (C=O) groups is 1. The van der Waals surface area contributed by atoms with E-state index >= 15 is 0 Å². The zero-order chi connectivity index (χ0) is 11.3. The number of hydrogen-bond acceptors (Lipinski definition) is 3. The molecule has 5 heteroatoms. The first-order valence-corrected chi connectivity index (χ1v) is 5.34. The molecule has 0 aliphatic heterocycles. The number of rotatable bonds is 2. The molecule has 2 N–H and O–H groups in total. The molecule has 0 unspecified atom stereocenters. The molecule has 0 aromatic rings. The van der Waals surface area contributed by atoms with Crippen molar-refractivity contribution in [2.45, 2.75) is 44.6 Å². The van der Waals surface area contributed by atoms with Gasteiger partial charge >= 0.3 is 6.03 Å². The summed E-state index contributed by atoms with van der Waals surface area (Å²) >= 11 is 0. The summed E-state index contributed by atoms with van der Waals surface area (Å²) in [5.41, 5.74) is -1.02. The molecule has 84 valence electrons. The van der Waals surface area contributed by atoms with Gasteiger partial charge in [-0.25, -0.2) is 4.79 Å². The Morgan fingerprint density at radius 2 is 2.13 bits per heavy atom. The van der Waals surface area contributed by atoms with Gasteiger partial charge in [0.2, 0.25) is 0 Å². The number of carbonyl (C=O) groups excluding carboxylic acids is 1. The summed E-state index contributed by atoms with van der Waals surface area (Å²) in [4.78, 5) is 11.4. The standard InChI is InChI=1S/C10H17N3O2/c1-2-12-9(14)13(15)10(8-11)6-4-3-5-7-10/h15H,2-7H2,1H3,(H,12,14). The Hall–Kier alpha value is -1.28. The molecule has 5 nitrogen and oxygen atoms in total. The fourth-order valence-electron chi connectivity index (χ4n) is 1.93. The van der Waals surface area contributed by atoms with Crippen LogP contribution in [0.2, 0.25) is 0 Å². The molecule has 1 aliphatic rings. The van der Waals surface area contributed by atoms with Gasteiger partial charge in [0.15, 0.2) is 5.54 Å². The monoisotopic (exact) mass is 211 g/mol. The first-order chi connectivity index (χ1) is 7.16. The van der Waals surface area contributed by atoms with Gasteiger partial charge in [-0.3, -0.25) is 5.21 Å². The normalized spacial score (nSPS) is 19.0. The van der Waals surface area contributed by atoms with E-state index in [1.165, 1.54) is 0 Å². The molecule has 1 rings (SSSR count). The second kappa shape index (κ2) is 4.99. The molecule has 1 fully saturated rings. The summed E-state index contributed by atoms with van der Waals surface area (Å²) in [6, 6.07) is 1.49. The van der Waals surface area contributed by atoms with E-state index in [0.717, 1.165) is 19.3 Å². The Kier molecular flexibility index (Phi) is 3.92. The van der Waals surface area contributed by atoms with Crippen LogP contribution < -0.4 is 5.32 Å². The number of hydroxylamine groups is 2. The van der Waals surface area contributed by atoms with Gasteiger partial charge in [0.05, 0.1) is 6.07 Å². The van der Waals surface area contributed by atoms with E-state index < -0.39 is 11.6 Å². The van der Waals surface area contributed by atoms with Crippen LogP contribution >= 0.6 is 0 Å². The van der Waals surface area contributed by atoms with Crippen molar-refractivity contribution < 1.29 is 10.0 Å². The van der Waals surface area contributed by atoms with Crippen molar-refractivity contribution in [3.05, 3.63) is 0 Å². The predicted octanol–water partition coefficient (Wildman–Crippen LogP) is 1.63. The Morgan fingerprint density at radius 3 is 2.60 bits per heavy atom. The highest BCUT2D eigenvalue weighted by atomic mass is 16.5. The summed E-state index contributed by atoms with van der Waals surface area (Å²) < 4.78 is 0. The second-order valence-corrected chi connectivity index (χ2v) is 3.85. The quantitative estimate of drug-likeness (QED) is 0.538. The molecular weight excluding hydrogens is 194 g/mol. The van der Waals surface area contributed by atoms with E-state index in [4.69, 9.17) is 5.26 Å². The van der Waals surface area contributed by atoms with Crippen LogP contribution in [0.25, 0.3) is 0 Å². The summed E-state index contributed by atoms with van der Waals surface area (Å²) in [5.74, 6) is 0. The Bertz CT molecular complexity index is 266. The SMILES string of the molecule is CCNC(=O)N(O)C1(C#N)CCCCC1. The second-order valence-electron chi connectivity index (χ2n) is 3.85. The van der Waals surface area contributed by atoms with E-state index in [9.17, 15) is 10.0 Å². The van der Waals surface area contributed by atoms with Crippen LogP contribution in [0.3, 0.4) is 0 Å². The third-order valence-electron chi connectivity index (χ3n) is 2.81. The highest BCUT2D eigenvalue weighted by Gasteiger charge is 2.40. The van der Waals surface area contributed by atoms with Crippen molar-refractivity contribution in [1.29, 1.82) is 5.26 Å². The van der Waals surface area contributed by atoms with Gasteiger partial charge in [0, 0.05) is 6.54 Å². The predicted molar refractivity (Wildman–Crippen MR) is 54.1 cm³/mol. The average molecular weight is 211 g/mol. The maximum atomic E-state index is 11.4. The average Bonchev–Trinajstić information content (AvgIpc) is 2.29. The van der Waals surface area contributed by atoms with Crippen LogP contribution in [0.5, 0.6) is 0 Å². The zero-order valence-electron chi connectivity index (χ0n) is 8.99. The summed E-state index contributed by atoms with van der Waals surface area (Å²) in [7, 11) is 0. The molecule has 1 aliphatic carbocycles. The van der Waals surface area contributed by atoms with Crippen molar-refractivity contribution >= 4 is 6.03 Å². The van der Waals surface area contributed by atoms with Gasteiger partial charge in [-0.05, 0) is 32.6 Å². The largest absolute Gasteiger partial charge is 0.342 e. The molecule has 15 heavy (non-hydrogen) atoms. The summed E-state index contributed by atoms with van der Waals surface area (Å²) in [6.07, 6.45) is 3.93. The van der Waals surface area contributed by atoms with Crippen LogP contribution in [0.1, 0.15) is 39.0 Å². The van der Waals surface area contributed by atoms with Crippen molar-refractivity contribution in [3.63, 3.8) is 0 Å². The molecule has 0 spiro atoms. The number of nitrogens with one attached hydrogen (secondary N) is 1. The Morgan fingerprint density at radius 1 is 1.53 bits per heavy atom. The fraction of sp³-hybridized carbons (Fsp3) is 0.800. The van der Waals surface area contributed by atoms with E-state index in [-0.39, 0.29) is 0 Å². The number of hydrogen-bond donors (Lipinski definition) is 2. The van der Waals surface area contributed by atoms with Crippen LogP contribution in [0.15, 0.2) is 0 Å². The van der Waals surface area contributed by atoms with Crippen molar-refractivity contribution in [3.8, 4) is 6.07 Å². The molecule has 0 aromatic heterocycles. The number of amides is 2. The number of nitriles is 1. The van der Waals surface area contributed by atoms with Gasteiger partial charge in [-0.2, -0.15) is 10.3 Å². The minimum absolute atomic E-state index is 0.442. The molecule has 0 atom stereocenters. The molecule has 0 radical (unpaired) electrons. The maximum absolute atomic E-state index is 11.4. The molecule has 1 saturated carbocycles. The first-order valence-electron chi connectivity index (χ1n) is 5.34. The van der Waals surface area contributed by atoms with Crippen molar-refractivity contribution in [2.24, 2.45) is 0 Å². The van der Waals surface area contributed by atoms with E-state index in [2.05, 4.69) is 11.4 Å². The van der Waals surface area contributed by atoms with Gasteiger partial charge in [-0.15, -0.1) is 0 Å². The van der Waals surface area contributed by atoms with Crippen molar-refractivity contribution in [1.82, 2.24) is 10.4 Å². The number of nitrogens with zero attached hydrogens (tertiary/aromatic N) is 2. The van der Waals surface area contributed by atoms with Crippen LogP contribution in [0, 0.1) is 11.3 Å². The molecule has 0 saturated heterocycles. The lowest BCUT2D eigenvalue weighted by molar-refractivity contribution is -0.116. The Labute approximate surface area is 89.6 Å². The third kappa shape index (κ3) is 2.39. The minimum atomic E-state index is -1.02. The molecule has 0 heterocycles. The fourth-order valence-corrected chi connectivity index (χ4v) is 1.93. The minimum Gasteiger partial charge on any atom is -0.336 e.